The van der Waals surface area contributed by atoms with E-state index >= 15 is 0 Å². The van der Waals surface area contributed by atoms with Crippen molar-refractivity contribution in [3.8, 4) is 0 Å². The van der Waals surface area contributed by atoms with Gasteiger partial charge in [0.25, 0.3) is 0 Å². The van der Waals surface area contributed by atoms with Gasteiger partial charge in [-0.3, -0.25) is 0 Å². The van der Waals surface area contributed by atoms with Gasteiger partial charge in [-0.1, -0.05) is 11.6 Å². The molecule has 0 bridgehead atoms. The molecule has 0 aliphatic carbocycles. The Bertz CT molecular complexity index is 307. The van der Waals surface area contributed by atoms with Gasteiger partial charge in [-0.25, -0.2) is 0 Å². The Kier molecular flexibility index (Phi) is 3.20. The van der Waals surface area contributed by atoms with E-state index in [1.54, 1.807) is 0 Å². The SMILES string of the molecule is OCCC1CCN(c2nsnc2Cl)C1. The minimum absolute atomic E-state index is 0.265. The summed E-state index contributed by atoms with van der Waals surface area (Å²) in [5.74, 6) is 1.37. The minimum Gasteiger partial charge on any atom is -0.396 e. The summed E-state index contributed by atoms with van der Waals surface area (Å²) in [6, 6.07) is 0. The lowest BCUT2D eigenvalue weighted by Crippen LogP contribution is -2.20. The Morgan fingerprint density at radius 3 is 3.07 bits per heavy atom. The van der Waals surface area contributed by atoms with Crippen LogP contribution in [0.25, 0.3) is 0 Å². The van der Waals surface area contributed by atoms with Crippen LogP contribution in [0.1, 0.15) is 12.8 Å². The van der Waals surface area contributed by atoms with Crippen molar-refractivity contribution in [3.05, 3.63) is 5.15 Å². The Morgan fingerprint density at radius 2 is 2.43 bits per heavy atom. The summed E-state index contributed by atoms with van der Waals surface area (Å²) >= 11 is 7.04. The van der Waals surface area contributed by atoms with Gasteiger partial charge in [-0.15, -0.1) is 0 Å². The highest BCUT2D eigenvalue weighted by Crippen LogP contribution is 2.29. The molecule has 14 heavy (non-hydrogen) atoms. The van der Waals surface area contributed by atoms with E-state index in [1.807, 2.05) is 0 Å². The molecule has 1 saturated heterocycles. The Hall–Kier alpha value is -0.390. The largest absolute Gasteiger partial charge is 0.396 e. The second kappa shape index (κ2) is 4.42. The van der Waals surface area contributed by atoms with Crippen molar-refractivity contribution in [1.82, 2.24) is 8.75 Å². The van der Waals surface area contributed by atoms with Gasteiger partial charge in [0.05, 0.1) is 11.7 Å². The van der Waals surface area contributed by atoms with E-state index in [4.69, 9.17) is 16.7 Å². The second-order valence-corrected chi connectivity index (χ2v) is 4.38. The van der Waals surface area contributed by atoms with Crippen LogP contribution in [-0.2, 0) is 0 Å². The normalized spacial score (nSPS) is 21.9. The van der Waals surface area contributed by atoms with Crippen molar-refractivity contribution in [2.75, 3.05) is 24.6 Å². The monoisotopic (exact) mass is 233 g/mol. The molecule has 1 aromatic rings. The summed E-state index contributed by atoms with van der Waals surface area (Å²) in [4.78, 5) is 2.14. The lowest BCUT2D eigenvalue weighted by Gasteiger charge is -2.14. The van der Waals surface area contributed by atoms with Crippen LogP contribution in [0.3, 0.4) is 0 Å². The van der Waals surface area contributed by atoms with Crippen LogP contribution in [0, 0.1) is 5.92 Å². The molecule has 1 unspecified atom stereocenters. The maximum Gasteiger partial charge on any atom is 0.187 e. The molecular weight excluding hydrogens is 222 g/mol. The van der Waals surface area contributed by atoms with E-state index in [0.717, 1.165) is 43.5 Å². The summed E-state index contributed by atoms with van der Waals surface area (Å²) in [5.41, 5.74) is 0. The Labute approximate surface area is 91.8 Å². The van der Waals surface area contributed by atoms with E-state index in [9.17, 15) is 0 Å². The first-order valence-corrected chi connectivity index (χ1v) is 5.76. The molecule has 0 radical (unpaired) electrons. The van der Waals surface area contributed by atoms with Gasteiger partial charge >= 0.3 is 0 Å². The molecule has 0 amide bonds. The molecule has 1 fully saturated rings. The molecule has 1 aliphatic rings. The summed E-state index contributed by atoms with van der Waals surface area (Å²) in [6.45, 7) is 2.17. The molecule has 0 saturated carbocycles. The first kappa shape index (κ1) is 10.1. The van der Waals surface area contributed by atoms with Gasteiger partial charge in [-0.2, -0.15) is 8.75 Å². The predicted octanol–water partition coefficient (Wildman–Crippen LogP) is 1.40. The third kappa shape index (κ3) is 1.99. The molecule has 1 aromatic heterocycles. The van der Waals surface area contributed by atoms with Crippen LogP contribution in [0.4, 0.5) is 5.82 Å². The van der Waals surface area contributed by atoms with Crippen LogP contribution in [0.5, 0.6) is 0 Å². The first-order chi connectivity index (χ1) is 6.81. The fourth-order valence-corrected chi connectivity index (χ4v) is 2.58. The number of aromatic nitrogens is 2. The second-order valence-electron chi connectivity index (χ2n) is 3.49. The third-order valence-corrected chi connectivity index (χ3v) is 3.43. The van der Waals surface area contributed by atoms with Crippen molar-refractivity contribution >= 4 is 29.1 Å². The zero-order valence-electron chi connectivity index (χ0n) is 7.69. The van der Waals surface area contributed by atoms with Crippen molar-refractivity contribution in [2.24, 2.45) is 5.92 Å². The highest BCUT2D eigenvalue weighted by atomic mass is 35.5. The quantitative estimate of drug-likeness (QED) is 0.858. The van der Waals surface area contributed by atoms with Crippen molar-refractivity contribution < 1.29 is 5.11 Å². The zero-order valence-corrected chi connectivity index (χ0v) is 9.26. The number of anilines is 1. The molecule has 2 rings (SSSR count). The average molecular weight is 234 g/mol. The highest BCUT2D eigenvalue weighted by molar-refractivity contribution is 6.99. The third-order valence-electron chi connectivity index (χ3n) is 2.56. The Balaban J connectivity index is 1.99. The topological polar surface area (TPSA) is 49.2 Å². The number of aliphatic hydroxyl groups is 1. The average Bonchev–Trinajstić information content (AvgIpc) is 2.74. The van der Waals surface area contributed by atoms with E-state index in [1.165, 1.54) is 0 Å². The van der Waals surface area contributed by atoms with Gasteiger partial charge in [0.1, 0.15) is 0 Å². The maximum atomic E-state index is 8.83. The fourth-order valence-electron chi connectivity index (χ4n) is 1.80. The number of hydrogen-bond acceptors (Lipinski definition) is 5. The molecular formula is C8H12ClN3OS. The van der Waals surface area contributed by atoms with Gasteiger partial charge in [0, 0.05) is 19.7 Å². The fraction of sp³-hybridized carbons (Fsp3) is 0.750. The van der Waals surface area contributed by atoms with E-state index in [0.29, 0.717) is 11.1 Å². The van der Waals surface area contributed by atoms with Crippen LogP contribution < -0.4 is 4.90 Å². The number of hydrogen-bond donors (Lipinski definition) is 1. The molecule has 1 atom stereocenters. The van der Waals surface area contributed by atoms with Crippen molar-refractivity contribution in [3.63, 3.8) is 0 Å². The van der Waals surface area contributed by atoms with Crippen molar-refractivity contribution in [2.45, 2.75) is 12.8 Å². The van der Waals surface area contributed by atoms with Gasteiger partial charge < -0.3 is 10.0 Å². The molecule has 4 nitrogen and oxygen atoms in total. The smallest absolute Gasteiger partial charge is 0.187 e. The van der Waals surface area contributed by atoms with Gasteiger partial charge in [0.15, 0.2) is 11.0 Å². The van der Waals surface area contributed by atoms with E-state index in [2.05, 4.69) is 13.6 Å². The number of aliphatic hydroxyl groups excluding tert-OH is 1. The molecule has 78 valence electrons. The van der Waals surface area contributed by atoms with Crippen LogP contribution in [0.2, 0.25) is 5.15 Å². The van der Waals surface area contributed by atoms with Crippen LogP contribution >= 0.6 is 23.3 Å². The van der Waals surface area contributed by atoms with Gasteiger partial charge in [0.2, 0.25) is 0 Å². The van der Waals surface area contributed by atoms with E-state index < -0.39 is 0 Å². The summed E-state index contributed by atoms with van der Waals surface area (Å²) in [7, 11) is 0. The summed E-state index contributed by atoms with van der Waals surface area (Å²) in [6.07, 6.45) is 1.97. The Morgan fingerprint density at radius 1 is 1.57 bits per heavy atom. The number of halogens is 1. The van der Waals surface area contributed by atoms with Crippen LogP contribution in [0.15, 0.2) is 0 Å². The first-order valence-electron chi connectivity index (χ1n) is 4.65. The van der Waals surface area contributed by atoms with Gasteiger partial charge in [-0.05, 0) is 18.8 Å². The molecule has 1 N–H and O–H groups in total. The van der Waals surface area contributed by atoms with Crippen LogP contribution in [-0.4, -0.2) is 33.6 Å². The molecule has 0 aromatic carbocycles. The minimum atomic E-state index is 0.265. The lowest BCUT2D eigenvalue weighted by atomic mass is 10.1. The maximum absolute atomic E-state index is 8.83. The lowest BCUT2D eigenvalue weighted by molar-refractivity contribution is 0.263. The van der Waals surface area contributed by atoms with E-state index in [-0.39, 0.29) is 6.61 Å². The highest BCUT2D eigenvalue weighted by Gasteiger charge is 2.25. The molecule has 6 heteroatoms. The molecule has 0 spiro atoms. The molecule has 1 aliphatic heterocycles. The summed E-state index contributed by atoms with van der Waals surface area (Å²) < 4.78 is 8.09. The summed E-state index contributed by atoms with van der Waals surface area (Å²) in [5, 5.41) is 9.33. The number of nitrogens with zero attached hydrogens (tertiary/aromatic N) is 3. The standard InChI is InChI=1S/C8H12ClN3OS/c9-7-8(11-14-10-7)12-3-1-6(5-12)2-4-13/h6,13H,1-5H2. The van der Waals surface area contributed by atoms with Crippen molar-refractivity contribution in [1.29, 1.82) is 0 Å². The number of rotatable bonds is 3. The molecule has 2 heterocycles. The zero-order chi connectivity index (χ0) is 9.97. The predicted molar refractivity (Wildman–Crippen MR) is 56.9 cm³/mol.